The van der Waals surface area contributed by atoms with Crippen LogP contribution in [-0.4, -0.2) is 27.5 Å². The monoisotopic (exact) mass is 380 g/mol. The van der Waals surface area contributed by atoms with Crippen molar-refractivity contribution in [3.63, 3.8) is 0 Å². The zero-order valence-electron chi connectivity index (χ0n) is 12.9. The van der Waals surface area contributed by atoms with Gasteiger partial charge in [-0.25, -0.2) is 4.98 Å². The van der Waals surface area contributed by atoms with Crippen molar-refractivity contribution in [2.45, 2.75) is 31.4 Å². The van der Waals surface area contributed by atoms with Gasteiger partial charge in [-0.1, -0.05) is 13.0 Å². The van der Waals surface area contributed by atoms with Crippen LogP contribution in [0.4, 0.5) is 32.3 Å². The summed E-state index contributed by atoms with van der Waals surface area (Å²) in [5.74, 6) is -3.51. The molecule has 0 radical (unpaired) electrons. The number of alkyl halides is 6. The lowest BCUT2D eigenvalue weighted by Crippen LogP contribution is -2.63. The average Bonchev–Trinajstić information content (AvgIpc) is 3.00. The minimum atomic E-state index is -5.34. The summed E-state index contributed by atoms with van der Waals surface area (Å²) in [6.07, 6.45) is -10.6. The number of rotatable bonds is 2. The average molecular weight is 380 g/mol. The molecule has 2 N–H and O–H groups in total. The van der Waals surface area contributed by atoms with Crippen molar-refractivity contribution in [2.75, 3.05) is 5.32 Å². The molecule has 1 aromatic heterocycles. The third kappa shape index (κ3) is 2.31. The first-order valence-corrected chi connectivity index (χ1v) is 7.21. The molecule has 140 valence electrons. The Bertz CT molecular complexity index is 917. The van der Waals surface area contributed by atoms with E-state index in [2.05, 4.69) is 4.98 Å². The SMILES string of the molecule is CCC(=O)NC1(C(F)(F)F)C(=O)Nc2nc3c(C(F)(F)F)cccc3n21. The van der Waals surface area contributed by atoms with Gasteiger partial charge in [-0.3, -0.25) is 19.5 Å². The van der Waals surface area contributed by atoms with Crippen LogP contribution in [-0.2, 0) is 21.4 Å². The van der Waals surface area contributed by atoms with Gasteiger partial charge in [0, 0.05) is 6.42 Å². The zero-order chi connectivity index (χ0) is 19.5. The summed E-state index contributed by atoms with van der Waals surface area (Å²) in [6, 6.07) is 2.51. The second-order valence-electron chi connectivity index (χ2n) is 5.51. The number of imidazole rings is 1. The number of aromatic nitrogens is 2. The Morgan fingerprint density at radius 1 is 1.27 bits per heavy atom. The summed E-state index contributed by atoms with van der Waals surface area (Å²) in [6.45, 7) is 1.26. The van der Waals surface area contributed by atoms with E-state index in [1.807, 2.05) is 0 Å². The van der Waals surface area contributed by atoms with Crippen molar-refractivity contribution in [2.24, 2.45) is 0 Å². The Balaban J connectivity index is 2.36. The lowest BCUT2D eigenvalue weighted by molar-refractivity contribution is -0.217. The third-order valence-electron chi connectivity index (χ3n) is 3.93. The summed E-state index contributed by atoms with van der Waals surface area (Å²) >= 11 is 0. The van der Waals surface area contributed by atoms with E-state index in [-0.39, 0.29) is 11.0 Å². The second kappa shape index (κ2) is 5.35. The van der Waals surface area contributed by atoms with Crippen molar-refractivity contribution < 1.29 is 35.9 Å². The molecule has 1 aromatic carbocycles. The molecule has 6 nitrogen and oxygen atoms in total. The molecule has 1 atom stereocenters. The molecule has 2 aromatic rings. The Kier molecular flexibility index (Phi) is 3.71. The molecule has 0 bridgehead atoms. The second-order valence-corrected chi connectivity index (χ2v) is 5.51. The van der Waals surface area contributed by atoms with Gasteiger partial charge in [-0.2, -0.15) is 26.3 Å². The first-order chi connectivity index (χ1) is 11.9. The van der Waals surface area contributed by atoms with Crippen molar-refractivity contribution in [3.05, 3.63) is 23.8 Å². The maximum atomic E-state index is 13.8. The Morgan fingerprint density at radius 3 is 2.46 bits per heavy atom. The zero-order valence-corrected chi connectivity index (χ0v) is 12.9. The van der Waals surface area contributed by atoms with Gasteiger partial charge in [0.1, 0.15) is 5.52 Å². The number of halogens is 6. The van der Waals surface area contributed by atoms with E-state index in [4.69, 9.17) is 0 Å². The molecule has 0 saturated carbocycles. The maximum absolute atomic E-state index is 13.8. The van der Waals surface area contributed by atoms with Crippen LogP contribution in [0, 0.1) is 0 Å². The predicted molar refractivity (Wildman–Crippen MR) is 75.8 cm³/mol. The topological polar surface area (TPSA) is 76.0 Å². The summed E-state index contributed by atoms with van der Waals surface area (Å²) in [7, 11) is 0. The summed E-state index contributed by atoms with van der Waals surface area (Å²) in [4.78, 5) is 27.3. The molecular formula is C14H10F6N4O2. The Morgan fingerprint density at radius 2 is 1.92 bits per heavy atom. The third-order valence-corrected chi connectivity index (χ3v) is 3.93. The van der Waals surface area contributed by atoms with Crippen LogP contribution in [0.15, 0.2) is 18.2 Å². The number of amides is 2. The number of hydrogen-bond acceptors (Lipinski definition) is 3. The smallest absolute Gasteiger partial charge is 0.317 e. The van der Waals surface area contributed by atoms with Gasteiger partial charge in [0.2, 0.25) is 11.9 Å². The molecule has 1 aliphatic heterocycles. The number of hydrogen-bond donors (Lipinski definition) is 2. The minimum Gasteiger partial charge on any atom is -0.317 e. The van der Waals surface area contributed by atoms with Gasteiger partial charge < -0.3 is 5.32 Å². The molecule has 2 amide bonds. The lowest BCUT2D eigenvalue weighted by atomic mass is 10.1. The summed E-state index contributed by atoms with van der Waals surface area (Å²) in [5, 5.41) is 3.39. The van der Waals surface area contributed by atoms with Gasteiger partial charge in [0.15, 0.2) is 0 Å². The number of anilines is 1. The highest BCUT2D eigenvalue weighted by atomic mass is 19.4. The van der Waals surface area contributed by atoms with Crippen LogP contribution in [0.3, 0.4) is 0 Å². The Hall–Kier alpha value is -2.79. The van der Waals surface area contributed by atoms with Crippen LogP contribution in [0.5, 0.6) is 0 Å². The highest BCUT2D eigenvalue weighted by Crippen LogP contribution is 2.45. The highest BCUT2D eigenvalue weighted by molar-refractivity contribution is 6.05. The van der Waals surface area contributed by atoms with Gasteiger partial charge in [-0.15, -0.1) is 0 Å². The van der Waals surface area contributed by atoms with Crippen molar-refractivity contribution in [1.29, 1.82) is 0 Å². The van der Waals surface area contributed by atoms with Crippen LogP contribution in [0.1, 0.15) is 18.9 Å². The van der Waals surface area contributed by atoms with Crippen LogP contribution >= 0.6 is 0 Å². The van der Waals surface area contributed by atoms with E-state index in [1.165, 1.54) is 6.92 Å². The molecule has 26 heavy (non-hydrogen) atoms. The van der Waals surface area contributed by atoms with E-state index in [0.717, 1.165) is 12.1 Å². The lowest BCUT2D eigenvalue weighted by Gasteiger charge is -2.31. The van der Waals surface area contributed by atoms with E-state index in [9.17, 15) is 35.9 Å². The van der Waals surface area contributed by atoms with Gasteiger partial charge in [0.25, 0.3) is 11.6 Å². The molecule has 2 heterocycles. The fourth-order valence-electron chi connectivity index (χ4n) is 2.77. The van der Waals surface area contributed by atoms with Crippen LogP contribution < -0.4 is 10.6 Å². The molecule has 0 saturated heterocycles. The summed E-state index contributed by atoms with van der Waals surface area (Å²) < 4.78 is 81.1. The first kappa shape index (κ1) is 18.0. The molecule has 0 spiro atoms. The standard InChI is InChI=1S/C14H10F6N4O2/c1-2-8(25)23-12(14(18,19)20)10(26)22-11-21-9-6(13(15,16)17)4-3-5-7(9)24(11)12/h3-5H,2H2,1H3,(H,23,25)(H,21,22,26). The van der Waals surface area contributed by atoms with Gasteiger partial charge in [-0.05, 0) is 12.1 Å². The number of carbonyl (C=O) groups excluding carboxylic acids is 2. The fraction of sp³-hybridized carbons (Fsp3) is 0.357. The number of nitrogens with zero attached hydrogens (tertiary/aromatic N) is 2. The molecule has 0 aliphatic carbocycles. The van der Waals surface area contributed by atoms with Gasteiger partial charge >= 0.3 is 12.4 Å². The summed E-state index contributed by atoms with van der Waals surface area (Å²) in [5.41, 5.74) is -6.21. The van der Waals surface area contributed by atoms with Gasteiger partial charge in [0.05, 0.1) is 11.1 Å². The highest BCUT2D eigenvalue weighted by Gasteiger charge is 2.67. The van der Waals surface area contributed by atoms with Crippen LogP contribution in [0.25, 0.3) is 11.0 Å². The Labute approximate surface area is 141 Å². The molecule has 1 aliphatic rings. The van der Waals surface area contributed by atoms with E-state index >= 15 is 0 Å². The maximum Gasteiger partial charge on any atom is 0.440 e. The van der Waals surface area contributed by atoms with Crippen molar-refractivity contribution >= 4 is 28.8 Å². The van der Waals surface area contributed by atoms with Crippen molar-refractivity contribution in [3.8, 4) is 0 Å². The molecular weight excluding hydrogens is 370 g/mol. The number of benzene rings is 1. The fourth-order valence-corrected chi connectivity index (χ4v) is 2.77. The number of carbonyl (C=O) groups is 2. The number of nitrogens with one attached hydrogen (secondary N) is 2. The quantitative estimate of drug-likeness (QED) is 0.787. The predicted octanol–water partition coefficient (Wildman–Crippen LogP) is 2.75. The molecule has 1 unspecified atom stereocenters. The van der Waals surface area contributed by atoms with E-state index < -0.39 is 52.4 Å². The van der Waals surface area contributed by atoms with E-state index in [0.29, 0.717) is 6.07 Å². The molecule has 0 fully saturated rings. The minimum absolute atomic E-state index is 0.244. The van der Waals surface area contributed by atoms with Crippen LogP contribution in [0.2, 0.25) is 0 Å². The number of fused-ring (bicyclic) bond motifs is 3. The first-order valence-electron chi connectivity index (χ1n) is 7.21. The normalized spacial score (nSPS) is 20.2. The largest absolute Gasteiger partial charge is 0.440 e. The van der Waals surface area contributed by atoms with E-state index in [1.54, 1.807) is 10.6 Å². The number of para-hydroxylation sites is 1. The molecule has 3 rings (SSSR count). The van der Waals surface area contributed by atoms with Crippen molar-refractivity contribution in [1.82, 2.24) is 14.9 Å². The molecule has 12 heteroatoms.